The van der Waals surface area contributed by atoms with Crippen LogP contribution in [0.25, 0.3) is 0 Å². The molecule has 0 aliphatic rings. The van der Waals surface area contributed by atoms with Crippen LogP contribution >= 0.6 is 0 Å². The van der Waals surface area contributed by atoms with Gasteiger partial charge >= 0.3 is 0 Å². The molecule has 0 saturated carbocycles. The number of hydrogen-bond donors (Lipinski definition) is 0. The third kappa shape index (κ3) is 4.54. The van der Waals surface area contributed by atoms with E-state index in [1.54, 1.807) is 12.3 Å². The average Bonchev–Trinajstić information content (AvgIpc) is 1.97. The van der Waals surface area contributed by atoms with E-state index in [1.165, 1.54) is 0 Å². The van der Waals surface area contributed by atoms with Gasteiger partial charge in [-0.2, -0.15) is 0 Å². The number of rotatable bonds is 4. The summed E-state index contributed by atoms with van der Waals surface area (Å²) in [6.45, 7) is 9.97. The lowest BCUT2D eigenvalue weighted by Crippen LogP contribution is -1.90. The first-order valence-electron chi connectivity index (χ1n) is 4.07. The summed E-state index contributed by atoms with van der Waals surface area (Å²) in [5, 5.41) is 0. The molecule has 0 radical (unpaired) electrons. The second-order valence-corrected chi connectivity index (χ2v) is 2.71. The lowest BCUT2D eigenvalue weighted by molar-refractivity contribution is 0.753. The van der Waals surface area contributed by atoms with Gasteiger partial charge in [0.2, 0.25) is 0 Å². The summed E-state index contributed by atoms with van der Waals surface area (Å²) < 4.78 is 0. The van der Waals surface area contributed by atoms with Crippen LogP contribution in [0.4, 0.5) is 0 Å². The zero-order chi connectivity index (χ0) is 8.69. The Morgan fingerprint density at radius 1 is 1.55 bits per heavy atom. The molecule has 0 spiro atoms. The summed E-state index contributed by atoms with van der Waals surface area (Å²) in [7, 11) is 0. The first-order valence-corrected chi connectivity index (χ1v) is 4.07. The van der Waals surface area contributed by atoms with Gasteiger partial charge in [0.25, 0.3) is 0 Å². The molecule has 0 bridgehead atoms. The van der Waals surface area contributed by atoms with Crippen molar-refractivity contribution in [3.63, 3.8) is 0 Å². The topological polar surface area (TPSA) is 12.4 Å². The SMILES string of the molecule is C=CC=N/C(=C\CC)C(C)C. The molecule has 11 heavy (non-hydrogen) atoms. The Balaban J connectivity index is 4.22. The highest BCUT2D eigenvalue weighted by atomic mass is 14.7. The van der Waals surface area contributed by atoms with Crippen molar-refractivity contribution >= 4 is 6.21 Å². The third-order valence-corrected chi connectivity index (χ3v) is 1.33. The van der Waals surface area contributed by atoms with Crippen LogP contribution in [-0.2, 0) is 0 Å². The van der Waals surface area contributed by atoms with E-state index < -0.39 is 0 Å². The average molecular weight is 151 g/mol. The predicted molar refractivity (Wildman–Crippen MR) is 51.9 cm³/mol. The van der Waals surface area contributed by atoms with Crippen molar-refractivity contribution in [2.75, 3.05) is 0 Å². The molecule has 0 atom stereocenters. The summed E-state index contributed by atoms with van der Waals surface area (Å²) in [5.41, 5.74) is 1.15. The van der Waals surface area contributed by atoms with E-state index >= 15 is 0 Å². The molecule has 0 rings (SSSR count). The van der Waals surface area contributed by atoms with Gasteiger partial charge in [-0.05, 0) is 12.3 Å². The Morgan fingerprint density at radius 2 is 2.18 bits per heavy atom. The number of allylic oxidation sites excluding steroid dienone is 3. The molecule has 0 aliphatic carbocycles. The van der Waals surface area contributed by atoms with Crippen LogP contribution in [-0.4, -0.2) is 6.21 Å². The van der Waals surface area contributed by atoms with E-state index in [9.17, 15) is 0 Å². The Bertz CT molecular complexity index is 164. The minimum Gasteiger partial charge on any atom is -0.261 e. The van der Waals surface area contributed by atoms with Gasteiger partial charge in [0.1, 0.15) is 0 Å². The van der Waals surface area contributed by atoms with Crippen molar-refractivity contribution in [2.24, 2.45) is 10.9 Å². The fourth-order valence-electron chi connectivity index (χ4n) is 0.785. The minimum atomic E-state index is 0.506. The van der Waals surface area contributed by atoms with Gasteiger partial charge in [0, 0.05) is 11.9 Å². The summed E-state index contributed by atoms with van der Waals surface area (Å²) in [4.78, 5) is 4.25. The maximum Gasteiger partial charge on any atom is 0.0389 e. The van der Waals surface area contributed by atoms with Crippen LogP contribution in [0.2, 0.25) is 0 Å². The van der Waals surface area contributed by atoms with Crippen molar-refractivity contribution in [2.45, 2.75) is 27.2 Å². The van der Waals surface area contributed by atoms with Crippen LogP contribution in [0.1, 0.15) is 27.2 Å². The first kappa shape index (κ1) is 10.2. The number of nitrogens with zero attached hydrogens (tertiary/aromatic N) is 1. The Kier molecular flexibility index (Phi) is 5.44. The largest absolute Gasteiger partial charge is 0.261 e. The maximum absolute atomic E-state index is 4.25. The standard InChI is InChI=1S/C10H17N/c1-5-7-10(9(3)4)11-8-6-2/h6-9H,2,5H2,1,3-4H3/b10-7-,11-8?. The molecule has 62 valence electrons. The fourth-order valence-corrected chi connectivity index (χ4v) is 0.785. The van der Waals surface area contributed by atoms with Gasteiger partial charge < -0.3 is 0 Å². The molecule has 0 fully saturated rings. The van der Waals surface area contributed by atoms with E-state index in [2.05, 4.69) is 38.4 Å². The highest BCUT2D eigenvalue weighted by Gasteiger charge is 1.97. The normalized spacial score (nSPS) is 12.9. The molecule has 0 unspecified atom stereocenters. The van der Waals surface area contributed by atoms with Gasteiger partial charge in [0.15, 0.2) is 0 Å². The van der Waals surface area contributed by atoms with Crippen molar-refractivity contribution in [3.05, 3.63) is 24.4 Å². The van der Waals surface area contributed by atoms with Crippen molar-refractivity contribution in [1.82, 2.24) is 0 Å². The van der Waals surface area contributed by atoms with Gasteiger partial charge in [-0.15, -0.1) is 0 Å². The smallest absolute Gasteiger partial charge is 0.0389 e. The second-order valence-electron chi connectivity index (χ2n) is 2.71. The number of hydrogen-bond acceptors (Lipinski definition) is 1. The molecule has 0 saturated heterocycles. The van der Waals surface area contributed by atoms with Gasteiger partial charge in [-0.3, -0.25) is 4.99 Å². The molecule has 0 heterocycles. The van der Waals surface area contributed by atoms with E-state index in [0.717, 1.165) is 12.1 Å². The Hall–Kier alpha value is -0.850. The minimum absolute atomic E-state index is 0.506. The van der Waals surface area contributed by atoms with Gasteiger partial charge in [0.05, 0.1) is 0 Å². The molecule has 0 aromatic heterocycles. The molecule has 0 aliphatic heterocycles. The summed E-state index contributed by atoms with van der Waals surface area (Å²) in [6, 6.07) is 0. The van der Waals surface area contributed by atoms with Gasteiger partial charge in [-0.25, -0.2) is 0 Å². The predicted octanol–water partition coefficient (Wildman–Crippen LogP) is 3.19. The van der Waals surface area contributed by atoms with Crippen molar-refractivity contribution in [1.29, 1.82) is 0 Å². The van der Waals surface area contributed by atoms with Crippen molar-refractivity contribution in [3.8, 4) is 0 Å². The Labute approximate surface area is 69.5 Å². The molecular formula is C10H17N. The molecule has 0 N–H and O–H groups in total. The van der Waals surface area contributed by atoms with Crippen LogP contribution in [0, 0.1) is 5.92 Å². The summed E-state index contributed by atoms with van der Waals surface area (Å²) >= 11 is 0. The zero-order valence-electron chi connectivity index (χ0n) is 7.67. The quantitative estimate of drug-likeness (QED) is 0.547. The molecule has 1 heteroatoms. The zero-order valence-corrected chi connectivity index (χ0v) is 7.67. The van der Waals surface area contributed by atoms with Crippen LogP contribution in [0.5, 0.6) is 0 Å². The van der Waals surface area contributed by atoms with E-state index in [4.69, 9.17) is 0 Å². The van der Waals surface area contributed by atoms with Crippen LogP contribution < -0.4 is 0 Å². The van der Waals surface area contributed by atoms with Crippen molar-refractivity contribution < 1.29 is 0 Å². The highest BCUT2D eigenvalue weighted by Crippen LogP contribution is 2.10. The van der Waals surface area contributed by atoms with Crippen LogP contribution in [0.15, 0.2) is 29.4 Å². The van der Waals surface area contributed by atoms with Gasteiger partial charge in [-0.1, -0.05) is 39.5 Å². The summed E-state index contributed by atoms with van der Waals surface area (Å²) in [5.74, 6) is 0.506. The van der Waals surface area contributed by atoms with E-state index in [1.807, 2.05) is 0 Å². The monoisotopic (exact) mass is 151 g/mol. The van der Waals surface area contributed by atoms with Crippen LogP contribution in [0.3, 0.4) is 0 Å². The lowest BCUT2D eigenvalue weighted by atomic mass is 10.1. The Morgan fingerprint density at radius 3 is 2.55 bits per heavy atom. The first-order chi connectivity index (χ1) is 5.22. The lowest BCUT2D eigenvalue weighted by Gasteiger charge is -2.03. The maximum atomic E-state index is 4.25. The highest BCUT2D eigenvalue weighted by molar-refractivity contribution is 5.71. The van der Waals surface area contributed by atoms with E-state index in [-0.39, 0.29) is 0 Å². The molecule has 0 amide bonds. The fraction of sp³-hybridized carbons (Fsp3) is 0.500. The number of aliphatic imine (C=N–C) groups is 1. The van der Waals surface area contributed by atoms with E-state index in [0.29, 0.717) is 5.92 Å². The summed E-state index contributed by atoms with van der Waals surface area (Å²) in [6.07, 6.45) is 6.63. The third-order valence-electron chi connectivity index (χ3n) is 1.33. The molecule has 1 nitrogen and oxygen atoms in total. The molecule has 0 aromatic rings. The second kappa shape index (κ2) is 5.90. The molecular weight excluding hydrogens is 134 g/mol. The molecule has 0 aromatic carbocycles.